The van der Waals surface area contributed by atoms with Crippen molar-refractivity contribution in [2.75, 3.05) is 5.32 Å². The van der Waals surface area contributed by atoms with Crippen LogP contribution in [0.15, 0.2) is 29.6 Å². The molecule has 3 nitrogen and oxygen atoms in total. The highest BCUT2D eigenvalue weighted by Crippen LogP contribution is 2.19. The van der Waals surface area contributed by atoms with Gasteiger partial charge in [-0.1, -0.05) is 0 Å². The maximum atomic E-state index is 13.1. The lowest BCUT2D eigenvalue weighted by molar-refractivity contribution is 0.102. The normalized spacial score (nSPS) is 9.83. The van der Waals surface area contributed by atoms with E-state index in [0.29, 0.717) is 11.3 Å². The minimum absolute atomic E-state index is 0.0901. The predicted octanol–water partition coefficient (Wildman–Crippen LogP) is 3.62. The van der Waals surface area contributed by atoms with Gasteiger partial charge in [0.2, 0.25) is 0 Å². The van der Waals surface area contributed by atoms with Gasteiger partial charge in [0.05, 0.1) is 14.0 Å². The Balaban J connectivity index is 2.20. The summed E-state index contributed by atoms with van der Waals surface area (Å²) in [6.07, 6.45) is 0. The Morgan fingerprint density at radius 3 is 2.83 bits per heavy atom. The van der Waals surface area contributed by atoms with E-state index in [1.165, 1.54) is 23.5 Å². The Morgan fingerprint density at radius 2 is 2.22 bits per heavy atom. The first-order chi connectivity index (χ1) is 8.60. The van der Waals surface area contributed by atoms with Gasteiger partial charge in [0.1, 0.15) is 11.9 Å². The van der Waals surface area contributed by atoms with Crippen LogP contribution in [0.25, 0.3) is 0 Å². The Kier molecular flexibility index (Phi) is 3.93. The summed E-state index contributed by atoms with van der Waals surface area (Å²) < 4.78 is 14.1. The summed E-state index contributed by atoms with van der Waals surface area (Å²) in [6.45, 7) is 0. The second kappa shape index (κ2) is 5.46. The van der Waals surface area contributed by atoms with Gasteiger partial charge in [0, 0.05) is 11.1 Å². The van der Waals surface area contributed by atoms with Crippen LogP contribution in [0.2, 0.25) is 0 Å². The monoisotopic (exact) mass is 372 g/mol. The predicted molar refractivity (Wildman–Crippen MR) is 76.1 cm³/mol. The van der Waals surface area contributed by atoms with E-state index in [0.717, 1.165) is 8.95 Å². The molecule has 0 aliphatic heterocycles. The summed E-state index contributed by atoms with van der Waals surface area (Å²) in [5.74, 6) is -0.870. The molecular formula is C12H6FIN2OS. The van der Waals surface area contributed by atoms with Gasteiger partial charge in [-0.15, -0.1) is 11.3 Å². The Labute approximate surface area is 120 Å². The minimum Gasteiger partial charge on any atom is -0.322 e. The number of carbonyl (C=O) groups is 1. The second-order valence-corrected chi connectivity index (χ2v) is 6.21. The van der Waals surface area contributed by atoms with E-state index < -0.39 is 5.82 Å². The molecule has 1 heterocycles. The molecule has 2 aromatic rings. The summed E-state index contributed by atoms with van der Waals surface area (Å²) in [7, 11) is 0. The summed E-state index contributed by atoms with van der Waals surface area (Å²) in [5, 5.41) is 13.1. The van der Waals surface area contributed by atoms with Crippen LogP contribution in [0, 0.1) is 20.0 Å². The fraction of sp³-hybridized carbons (Fsp3) is 0. The van der Waals surface area contributed by atoms with Crippen molar-refractivity contribution in [2.45, 2.75) is 0 Å². The SMILES string of the molecule is N#Cc1cc(NC(=O)c2csc(I)c2)ccc1F. The highest BCUT2D eigenvalue weighted by molar-refractivity contribution is 14.1. The smallest absolute Gasteiger partial charge is 0.256 e. The van der Waals surface area contributed by atoms with Crippen LogP contribution in [0.4, 0.5) is 10.1 Å². The van der Waals surface area contributed by atoms with Crippen molar-refractivity contribution in [3.05, 3.63) is 49.5 Å². The van der Waals surface area contributed by atoms with Crippen LogP contribution >= 0.6 is 33.9 Å². The molecule has 6 heteroatoms. The lowest BCUT2D eigenvalue weighted by atomic mass is 10.2. The molecule has 0 atom stereocenters. The molecule has 0 spiro atoms. The zero-order valence-electron chi connectivity index (χ0n) is 8.91. The first-order valence-corrected chi connectivity index (χ1v) is 6.81. The van der Waals surface area contributed by atoms with Gasteiger partial charge in [-0.05, 0) is 46.9 Å². The first-order valence-electron chi connectivity index (χ1n) is 4.85. The number of thiophene rings is 1. The maximum Gasteiger partial charge on any atom is 0.256 e. The van der Waals surface area contributed by atoms with Gasteiger partial charge >= 0.3 is 0 Å². The molecule has 18 heavy (non-hydrogen) atoms. The molecule has 1 aromatic heterocycles. The average Bonchev–Trinajstić information content (AvgIpc) is 2.78. The van der Waals surface area contributed by atoms with Gasteiger partial charge in [-0.25, -0.2) is 4.39 Å². The first kappa shape index (κ1) is 13.0. The Bertz CT molecular complexity index is 648. The minimum atomic E-state index is -0.597. The highest BCUT2D eigenvalue weighted by Gasteiger charge is 2.09. The number of nitriles is 1. The molecule has 0 fully saturated rings. The number of hydrogen-bond acceptors (Lipinski definition) is 3. The van der Waals surface area contributed by atoms with Crippen molar-refractivity contribution in [1.29, 1.82) is 5.26 Å². The fourth-order valence-electron chi connectivity index (χ4n) is 1.32. The fourth-order valence-corrected chi connectivity index (χ4v) is 2.65. The van der Waals surface area contributed by atoms with E-state index >= 15 is 0 Å². The number of nitrogens with zero attached hydrogens (tertiary/aromatic N) is 1. The van der Waals surface area contributed by atoms with E-state index in [2.05, 4.69) is 27.9 Å². The van der Waals surface area contributed by atoms with Crippen molar-refractivity contribution >= 4 is 45.5 Å². The molecular weight excluding hydrogens is 366 g/mol. The molecule has 0 aliphatic rings. The third kappa shape index (κ3) is 2.86. The van der Waals surface area contributed by atoms with Gasteiger partial charge < -0.3 is 5.32 Å². The summed E-state index contributed by atoms with van der Waals surface area (Å²) in [5.41, 5.74) is 0.860. The van der Waals surface area contributed by atoms with E-state index in [1.54, 1.807) is 17.5 Å². The molecule has 1 amide bonds. The Morgan fingerprint density at radius 1 is 1.44 bits per heavy atom. The number of amides is 1. The number of hydrogen-bond donors (Lipinski definition) is 1. The number of rotatable bonds is 2. The van der Waals surface area contributed by atoms with Crippen LogP contribution in [0.3, 0.4) is 0 Å². The second-order valence-electron chi connectivity index (χ2n) is 3.40. The van der Waals surface area contributed by atoms with Gasteiger partial charge in [-0.3, -0.25) is 4.79 Å². The topological polar surface area (TPSA) is 52.9 Å². The average molecular weight is 372 g/mol. The number of halogens is 2. The van der Waals surface area contributed by atoms with Crippen LogP contribution in [-0.4, -0.2) is 5.91 Å². The van der Waals surface area contributed by atoms with Gasteiger partial charge in [0.25, 0.3) is 5.91 Å². The highest BCUT2D eigenvalue weighted by atomic mass is 127. The van der Waals surface area contributed by atoms with Crippen LogP contribution in [-0.2, 0) is 0 Å². The maximum absolute atomic E-state index is 13.1. The molecule has 0 saturated carbocycles. The molecule has 0 saturated heterocycles. The largest absolute Gasteiger partial charge is 0.322 e. The van der Waals surface area contributed by atoms with Crippen molar-refractivity contribution in [1.82, 2.24) is 0 Å². The Hall–Kier alpha value is -1.46. The molecule has 0 unspecified atom stereocenters. The van der Waals surface area contributed by atoms with E-state index in [-0.39, 0.29) is 11.5 Å². The van der Waals surface area contributed by atoms with Crippen molar-refractivity contribution in [3.63, 3.8) is 0 Å². The molecule has 1 N–H and O–H groups in total. The quantitative estimate of drug-likeness (QED) is 0.819. The van der Waals surface area contributed by atoms with E-state index in [9.17, 15) is 9.18 Å². The van der Waals surface area contributed by atoms with Gasteiger partial charge in [0.15, 0.2) is 0 Å². The van der Waals surface area contributed by atoms with Crippen LogP contribution in [0.1, 0.15) is 15.9 Å². The molecule has 0 bridgehead atoms. The number of carbonyl (C=O) groups excluding carboxylic acids is 1. The van der Waals surface area contributed by atoms with Crippen molar-refractivity contribution in [3.8, 4) is 6.07 Å². The third-order valence-corrected chi connectivity index (χ3v) is 3.96. The summed E-state index contributed by atoms with van der Waals surface area (Å²) >= 11 is 3.59. The van der Waals surface area contributed by atoms with E-state index in [1.807, 2.05) is 0 Å². The zero-order chi connectivity index (χ0) is 13.1. The summed E-state index contributed by atoms with van der Waals surface area (Å²) in [6, 6.07) is 7.38. The number of anilines is 1. The summed E-state index contributed by atoms with van der Waals surface area (Å²) in [4.78, 5) is 11.8. The standard InChI is InChI=1S/C12H6FIN2OS/c13-10-2-1-9(3-7(10)5-15)16-12(17)8-4-11(14)18-6-8/h1-4,6H,(H,16,17). The molecule has 2 rings (SSSR count). The van der Waals surface area contributed by atoms with Crippen molar-refractivity contribution < 1.29 is 9.18 Å². The van der Waals surface area contributed by atoms with Gasteiger partial charge in [-0.2, -0.15) is 5.26 Å². The lowest BCUT2D eigenvalue weighted by Crippen LogP contribution is -2.11. The molecule has 1 aromatic carbocycles. The number of benzene rings is 1. The molecule has 90 valence electrons. The molecule has 0 aliphatic carbocycles. The lowest BCUT2D eigenvalue weighted by Gasteiger charge is -2.04. The van der Waals surface area contributed by atoms with Crippen LogP contribution in [0.5, 0.6) is 0 Å². The van der Waals surface area contributed by atoms with E-state index in [4.69, 9.17) is 5.26 Å². The third-order valence-electron chi connectivity index (χ3n) is 2.17. The van der Waals surface area contributed by atoms with Crippen molar-refractivity contribution in [2.24, 2.45) is 0 Å². The molecule has 0 radical (unpaired) electrons. The van der Waals surface area contributed by atoms with Crippen LogP contribution < -0.4 is 5.32 Å². The number of nitrogens with one attached hydrogen (secondary N) is 1. The zero-order valence-corrected chi connectivity index (χ0v) is 11.9.